The summed E-state index contributed by atoms with van der Waals surface area (Å²) in [6.07, 6.45) is 2.99. The van der Waals surface area contributed by atoms with Gasteiger partial charge >= 0.3 is 0 Å². The first kappa shape index (κ1) is 8.14. The molecule has 0 atom stereocenters. The number of aromatic nitrogens is 2. The van der Waals surface area contributed by atoms with Crippen LogP contribution in [0.4, 0.5) is 0 Å². The molecule has 0 radical (unpaired) electrons. The van der Waals surface area contributed by atoms with Crippen LogP contribution < -0.4 is 0 Å². The summed E-state index contributed by atoms with van der Waals surface area (Å²) in [6, 6.07) is 0. The van der Waals surface area contributed by atoms with Gasteiger partial charge in [-0.3, -0.25) is 0 Å². The molecule has 0 fully saturated rings. The van der Waals surface area contributed by atoms with Gasteiger partial charge in [0.1, 0.15) is 12.0 Å². The van der Waals surface area contributed by atoms with E-state index in [2.05, 4.69) is 4.98 Å². The number of halogens is 1. The third-order valence-corrected chi connectivity index (χ3v) is 1.42. The minimum atomic E-state index is 0.615. The lowest BCUT2D eigenvalue weighted by atomic mass is 10.3. The summed E-state index contributed by atoms with van der Waals surface area (Å²) in [7, 11) is 0. The minimum absolute atomic E-state index is 0.615. The lowest BCUT2D eigenvalue weighted by molar-refractivity contribution is 0.183. The van der Waals surface area contributed by atoms with E-state index >= 15 is 0 Å². The molecule has 1 heterocycles. The van der Waals surface area contributed by atoms with Gasteiger partial charge in [0.2, 0.25) is 0 Å². The zero-order valence-corrected chi connectivity index (χ0v) is 7.13. The molecule has 0 aliphatic rings. The molecule has 0 amide bonds. The molecule has 1 N–H and O–H groups in total. The van der Waals surface area contributed by atoms with Crippen LogP contribution in [0.15, 0.2) is 11.4 Å². The molecule has 0 unspecified atom stereocenters. The Morgan fingerprint density at radius 2 is 2.45 bits per heavy atom. The van der Waals surface area contributed by atoms with Crippen molar-refractivity contribution in [1.29, 1.82) is 0 Å². The van der Waals surface area contributed by atoms with Gasteiger partial charge in [0.15, 0.2) is 0 Å². The van der Waals surface area contributed by atoms with E-state index in [0.29, 0.717) is 10.7 Å². The smallest absolute Gasteiger partial charge is 0.132 e. The molecule has 0 aromatic carbocycles. The average Bonchev–Trinajstić information content (AvgIpc) is 2.18. The second-order valence-corrected chi connectivity index (χ2v) is 2.89. The number of aryl methyl sites for hydroxylation is 1. The summed E-state index contributed by atoms with van der Waals surface area (Å²) in [4.78, 5) is 3.88. The van der Waals surface area contributed by atoms with E-state index in [1.807, 2.05) is 0 Å². The normalized spacial score (nSPS) is 12.1. The van der Waals surface area contributed by atoms with Crippen LogP contribution in [0.3, 0.4) is 0 Å². The molecule has 4 heteroatoms. The molecular formula is C7H9ClN2O. The fourth-order valence-corrected chi connectivity index (χ4v) is 0.898. The molecule has 1 rings (SSSR count). The zero-order valence-electron chi connectivity index (χ0n) is 6.37. The fraction of sp³-hybridized carbons (Fsp3) is 0.286. The van der Waals surface area contributed by atoms with Crippen molar-refractivity contribution in [2.45, 2.75) is 13.8 Å². The first-order valence-electron chi connectivity index (χ1n) is 3.18. The van der Waals surface area contributed by atoms with Crippen molar-refractivity contribution < 1.29 is 5.21 Å². The van der Waals surface area contributed by atoms with Crippen LogP contribution in [-0.2, 0) is 0 Å². The molecule has 60 valence electrons. The molecule has 0 saturated heterocycles. The summed E-state index contributed by atoms with van der Waals surface area (Å²) >= 11 is 5.62. The second-order valence-electron chi connectivity index (χ2n) is 2.29. The van der Waals surface area contributed by atoms with Crippen molar-refractivity contribution in [2.24, 2.45) is 0 Å². The molecular weight excluding hydrogens is 164 g/mol. The van der Waals surface area contributed by atoms with Gasteiger partial charge in [0.25, 0.3) is 0 Å². The van der Waals surface area contributed by atoms with Gasteiger partial charge < -0.3 is 5.21 Å². The van der Waals surface area contributed by atoms with Crippen molar-refractivity contribution >= 4 is 17.7 Å². The number of nitrogens with zero attached hydrogens (tertiary/aromatic N) is 2. The number of imidazole rings is 1. The van der Waals surface area contributed by atoms with Crippen molar-refractivity contribution in [1.82, 2.24) is 9.71 Å². The Morgan fingerprint density at radius 1 is 1.82 bits per heavy atom. The molecule has 11 heavy (non-hydrogen) atoms. The van der Waals surface area contributed by atoms with Crippen LogP contribution in [0.5, 0.6) is 0 Å². The molecule has 0 bridgehead atoms. The van der Waals surface area contributed by atoms with E-state index in [1.54, 1.807) is 19.9 Å². The first-order chi connectivity index (χ1) is 5.11. The quantitative estimate of drug-likeness (QED) is 0.659. The zero-order chi connectivity index (χ0) is 8.43. The monoisotopic (exact) mass is 172 g/mol. The van der Waals surface area contributed by atoms with E-state index in [1.165, 1.54) is 6.33 Å². The van der Waals surface area contributed by atoms with Gasteiger partial charge in [-0.05, 0) is 19.9 Å². The Balaban J connectivity index is 3.11. The van der Waals surface area contributed by atoms with Crippen LogP contribution in [0, 0.1) is 6.92 Å². The predicted molar refractivity (Wildman–Crippen MR) is 43.7 cm³/mol. The number of allylic oxidation sites excluding steroid dienone is 1. The summed E-state index contributed by atoms with van der Waals surface area (Å²) in [5.74, 6) is 0. The van der Waals surface area contributed by atoms with Gasteiger partial charge in [-0.2, -0.15) is 4.73 Å². The highest BCUT2D eigenvalue weighted by molar-refractivity contribution is 6.31. The maximum Gasteiger partial charge on any atom is 0.132 e. The SMILES string of the molecule is C/C(Cl)=C\c1c(C)ncn1O. The molecule has 1 aromatic rings. The molecule has 0 saturated carbocycles. The molecule has 1 aromatic heterocycles. The van der Waals surface area contributed by atoms with Crippen LogP contribution >= 0.6 is 11.6 Å². The number of rotatable bonds is 1. The van der Waals surface area contributed by atoms with Crippen molar-refractivity contribution in [3.05, 3.63) is 22.7 Å². The summed E-state index contributed by atoms with van der Waals surface area (Å²) in [5.41, 5.74) is 1.38. The Bertz CT molecular complexity index is 267. The molecule has 3 nitrogen and oxygen atoms in total. The summed E-state index contributed by atoms with van der Waals surface area (Å²) < 4.78 is 0.946. The van der Waals surface area contributed by atoms with Crippen LogP contribution in [0.1, 0.15) is 18.3 Å². The van der Waals surface area contributed by atoms with Gasteiger partial charge in [-0.1, -0.05) is 11.6 Å². The van der Waals surface area contributed by atoms with E-state index in [9.17, 15) is 0 Å². The summed E-state index contributed by atoms with van der Waals surface area (Å²) in [5, 5.41) is 9.75. The second kappa shape index (κ2) is 2.96. The standard InChI is InChI=1S/C7H9ClN2O/c1-5(8)3-7-6(2)9-4-10(7)11/h3-4,11H,1-2H3/b5-3+. The Kier molecular flexibility index (Phi) is 2.19. The maximum atomic E-state index is 9.13. The van der Waals surface area contributed by atoms with E-state index in [4.69, 9.17) is 16.8 Å². The van der Waals surface area contributed by atoms with Crippen LogP contribution in [0.25, 0.3) is 6.08 Å². The van der Waals surface area contributed by atoms with Crippen LogP contribution in [-0.4, -0.2) is 14.9 Å². The average molecular weight is 173 g/mol. The maximum absolute atomic E-state index is 9.13. The summed E-state index contributed by atoms with van der Waals surface area (Å²) in [6.45, 7) is 3.55. The molecule has 0 aliphatic heterocycles. The Labute approximate surface area is 69.9 Å². The lowest BCUT2D eigenvalue weighted by Crippen LogP contribution is -1.91. The number of hydrogen-bond donors (Lipinski definition) is 1. The van der Waals surface area contributed by atoms with Gasteiger partial charge in [-0.25, -0.2) is 4.98 Å². The van der Waals surface area contributed by atoms with E-state index < -0.39 is 0 Å². The van der Waals surface area contributed by atoms with E-state index in [0.717, 1.165) is 10.4 Å². The van der Waals surface area contributed by atoms with E-state index in [-0.39, 0.29) is 0 Å². The number of hydrogen-bond acceptors (Lipinski definition) is 2. The predicted octanol–water partition coefficient (Wildman–Crippen LogP) is 2.03. The largest absolute Gasteiger partial charge is 0.427 e. The van der Waals surface area contributed by atoms with Gasteiger partial charge in [-0.15, -0.1) is 0 Å². The highest BCUT2D eigenvalue weighted by atomic mass is 35.5. The van der Waals surface area contributed by atoms with Crippen molar-refractivity contribution in [3.8, 4) is 0 Å². The topological polar surface area (TPSA) is 38.0 Å². The minimum Gasteiger partial charge on any atom is -0.427 e. The molecule has 0 spiro atoms. The lowest BCUT2D eigenvalue weighted by Gasteiger charge is -1.94. The third-order valence-electron chi connectivity index (χ3n) is 1.31. The third kappa shape index (κ3) is 1.74. The fourth-order valence-electron chi connectivity index (χ4n) is 0.794. The highest BCUT2D eigenvalue weighted by Crippen LogP contribution is 2.11. The van der Waals surface area contributed by atoms with Gasteiger partial charge in [0, 0.05) is 5.03 Å². The molecule has 0 aliphatic carbocycles. The van der Waals surface area contributed by atoms with Crippen molar-refractivity contribution in [2.75, 3.05) is 0 Å². The highest BCUT2D eigenvalue weighted by Gasteiger charge is 2.02. The van der Waals surface area contributed by atoms with Gasteiger partial charge in [0.05, 0.1) is 5.69 Å². The van der Waals surface area contributed by atoms with Crippen LogP contribution in [0.2, 0.25) is 0 Å². The van der Waals surface area contributed by atoms with Crippen molar-refractivity contribution in [3.63, 3.8) is 0 Å². The first-order valence-corrected chi connectivity index (χ1v) is 3.56. The Morgan fingerprint density at radius 3 is 2.82 bits per heavy atom. The Hall–Kier alpha value is -0.960.